The number of carbonyl (C=O) groups is 1. The van der Waals surface area contributed by atoms with Gasteiger partial charge in [-0.15, -0.1) is 11.3 Å². The number of amides is 1. The molecule has 0 saturated heterocycles. The molecule has 0 aromatic carbocycles. The molecular formula is C14H16ClN3OS. The van der Waals surface area contributed by atoms with E-state index in [1.807, 2.05) is 25.3 Å². The second kappa shape index (κ2) is 6.72. The minimum absolute atomic E-state index is 0.152. The molecule has 0 radical (unpaired) electrons. The van der Waals surface area contributed by atoms with Crippen molar-refractivity contribution in [2.75, 3.05) is 11.9 Å². The fraction of sp³-hybridized carbons (Fsp3) is 0.286. The topological polar surface area (TPSA) is 54.0 Å². The molecule has 0 aliphatic carbocycles. The van der Waals surface area contributed by atoms with Gasteiger partial charge >= 0.3 is 0 Å². The van der Waals surface area contributed by atoms with Crippen LogP contribution in [0, 0.1) is 6.92 Å². The van der Waals surface area contributed by atoms with Crippen molar-refractivity contribution in [2.24, 2.45) is 0 Å². The molecule has 2 rings (SSSR count). The highest BCUT2D eigenvalue weighted by atomic mass is 35.5. The Bertz CT molecular complexity index is 612. The maximum atomic E-state index is 12.1. The van der Waals surface area contributed by atoms with Gasteiger partial charge in [-0.05, 0) is 43.0 Å². The van der Waals surface area contributed by atoms with Gasteiger partial charge in [0.2, 0.25) is 0 Å². The largest absolute Gasteiger partial charge is 0.370 e. The first-order valence-electron chi connectivity index (χ1n) is 6.32. The van der Waals surface area contributed by atoms with Crippen LogP contribution in [0.4, 0.5) is 5.82 Å². The number of carbonyl (C=O) groups excluding carboxylic acids is 1. The van der Waals surface area contributed by atoms with Crippen molar-refractivity contribution < 1.29 is 4.79 Å². The van der Waals surface area contributed by atoms with E-state index in [9.17, 15) is 4.79 Å². The third-order valence-corrected chi connectivity index (χ3v) is 4.01. The SMILES string of the molecule is CCNc1cc(C(=O)NCc2sccc2C)cc(Cl)n1. The smallest absolute Gasteiger partial charge is 0.251 e. The summed E-state index contributed by atoms with van der Waals surface area (Å²) in [6, 6.07) is 5.31. The van der Waals surface area contributed by atoms with Gasteiger partial charge in [-0.2, -0.15) is 0 Å². The summed E-state index contributed by atoms with van der Waals surface area (Å²) in [5.74, 6) is 0.457. The van der Waals surface area contributed by atoms with E-state index in [4.69, 9.17) is 11.6 Å². The number of hydrogen-bond donors (Lipinski definition) is 2. The van der Waals surface area contributed by atoms with E-state index in [1.165, 1.54) is 5.56 Å². The maximum Gasteiger partial charge on any atom is 0.251 e. The fourth-order valence-electron chi connectivity index (χ4n) is 1.75. The Balaban J connectivity index is 2.07. The first-order valence-corrected chi connectivity index (χ1v) is 7.58. The van der Waals surface area contributed by atoms with Gasteiger partial charge in [-0.3, -0.25) is 4.79 Å². The highest BCUT2D eigenvalue weighted by Crippen LogP contribution is 2.17. The highest BCUT2D eigenvalue weighted by Gasteiger charge is 2.10. The summed E-state index contributed by atoms with van der Waals surface area (Å²) in [7, 11) is 0. The van der Waals surface area contributed by atoms with Crippen LogP contribution in [0.25, 0.3) is 0 Å². The van der Waals surface area contributed by atoms with Gasteiger partial charge in [-0.25, -0.2) is 4.98 Å². The van der Waals surface area contributed by atoms with Crippen LogP contribution in [-0.2, 0) is 6.54 Å². The maximum absolute atomic E-state index is 12.1. The number of thiophene rings is 1. The average molecular weight is 310 g/mol. The molecule has 20 heavy (non-hydrogen) atoms. The van der Waals surface area contributed by atoms with Crippen LogP contribution in [0.5, 0.6) is 0 Å². The predicted octanol–water partition coefficient (Wildman–Crippen LogP) is 3.47. The first kappa shape index (κ1) is 14.8. The number of aromatic nitrogens is 1. The number of halogens is 1. The molecule has 106 valence electrons. The lowest BCUT2D eigenvalue weighted by atomic mass is 10.2. The lowest BCUT2D eigenvalue weighted by molar-refractivity contribution is 0.0951. The third kappa shape index (κ3) is 3.71. The average Bonchev–Trinajstić information content (AvgIpc) is 2.81. The zero-order valence-electron chi connectivity index (χ0n) is 11.4. The Labute approximate surface area is 127 Å². The van der Waals surface area contributed by atoms with E-state index in [0.717, 1.165) is 11.4 Å². The number of hydrogen-bond acceptors (Lipinski definition) is 4. The molecule has 0 aliphatic rings. The minimum atomic E-state index is -0.152. The lowest BCUT2D eigenvalue weighted by Gasteiger charge is -2.08. The lowest BCUT2D eigenvalue weighted by Crippen LogP contribution is -2.23. The number of aryl methyl sites for hydroxylation is 1. The Morgan fingerprint density at radius 1 is 1.45 bits per heavy atom. The summed E-state index contributed by atoms with van der Waals surface area (Å²) < 4.78 is 0. The Morgan fingerprint density at radius 2 is 2.25 bits per heavy atom. The summed E-state index contributed by atoms with van der Waals surface area (Å²) >= 11 is 7.56. The van der Waals surface area contributed by atoms with Crippen LogP contribution >= 0.6 is 22.9 Å². The van der Waals surface area contributed by atoms with Crippen molar-refractivity contribution in [1.82, 2.24) is 10.3 Å². The molecule has 0 unspecified atom stereocenters. The van der Waals surface area contributed by atoms with Crippen LogP contribution < -0.4 is 10.6 Å². The van der Waals surface area contributed by atoms with Gasteiger partial charge in [0.1, 0.15) is 11.0 Å². The quantitative estimate of drug-likeness (QED) is 0.832. The molecule has 2 heterocycles. The summed E-state index contributed by atoms with van der Waals surface area (Å²) in [5, 5.41) is 8.27. The molecule has 2 N–H and O–H groups in total. The molecule has 0 spiro atoms. The minimum Gasteiger partial charge on any atom is -0.370 e. The molecule has 2 aromatic rings. The van der Waals surface area contributed by atoms with Crippen molar-refractivity contribution in [2.45, 2.75) is 20.4 Å². The van der Waals surface area contributed by atoms with Crippen molar-refractivity contribution in [3.63, 3.8) is 0 Å². The zero-order valence-corrected chi connectivity index (χ0v) is 12.9. The molecule has 1 amide bonds. The van der Waals surface area contributed by atoms with Crippen molar-refractivity contribution in [3.05, 3.63) is 44.7 Å². The summed E-state index contributed by atoms with van der Waals surface area (Å²) in [4.78, 5) is 17.4. The van der Waals surface area contributed by atoms with E-state index in [2.05, 4.69) is 15.6 Å². The van der Waals surface area contributed by atoms with E-state index in [-0.39, 0.29) is 5.91 Å². The van der Waals surface area contributed by atoms with Crippen LogP contribution in [0.15, 0.2) is 23.6 Å². The Kier molecular flexibility index (Phi) is 4.98. The van der Waals surface area contributed by atoms with Gasteiger partial charge in [0, 0.05) is 17.0 Å². The van der Waals surface area contributed by atoms with Crippen LogP contribution in [0.2, 0.25) is 5.15 Å². The second-order valence-electron chi connectivity index (χ2n) is 4.30. The molecule has 0 atom stereocenters. The predicted molar refractivity (Wildman–Crippen MR) is 83.6 cm³/mol. The summed E-state index contributed by atoms with van der Waals surface area (Å²) in [6.45, 7) is 5.24. The molecular weight excluding hydrogens is 294 g/mol. The van der Waals surface area contributed by atoms with E-state index < -0.39 is 0 Å². The number of rotatable bonds is 5. The molecule has 6 heteroatoms. The van der Waals surface area contributed by atoms with Gasteiger partial charge in [0.15, 0.2) is 0 Å². The molecule has 0 fully saturated rings. The number of pyridine rings is 1. The van der Waals surface area contributed by atoms with Crippen molar-refractivity contribution in [1.29, 1.82) is 0 Å². The summed E-state index contributed by atoms with van der Waals surface area (Å²) in [5.41, 5.74) is 1.70. The number of anilines is 1. The fourth-order valence-corrected chi connectivity index (χ4v) is 2.80. The van der Waals surface area contributed by atoms with Gasteiger partial charge in [0.05, 0.1) is 6.54 Å². The zero-order chi connectivity index (χ0) is 14.5. The van der Waals surface area contributed by atoms with Gasteiger partial charge in [0.25, 0.3) is 5.91 Å². The number of nitrogens with one attached hydrogen (secondary N) is 2. The van der Waals surface area contributed by atoms with Crippen LogP contribution in [0.1, 0.15) is 27.7 Å². The standard InChI is InChI=1S/C14H16ClN3OS/c1-3-16-13-7-10(6-12(15)18-13)14(19)17-8-11-9(2)4-5-20-11/h4-7H,3,8H2,1-2H3,(H,16,18)(H,17,19). The van der Waals surface area contributed by atoms with Crippen molar-refractivity contribution in [3.8, 4) is 0 Å². The van der Waals surface area contributed by atoms with Crippen molar-refractivity contribution >= 4 is 34.7 Å². The van der Waals surface area contributed by atoms with Crippen LogP contribution in [0.3, 0.4) is 0 Å². The summed E-state index contributed by atoms with van der Waals surface area (Å²) in [6.07, 6.45) is 0. The van der Waals surface area contributed by atoms with Gasteiger partial charge < -0.3 is 10.6 Å². The highest BCUT2D eigenvalue weighted by molar-refractivity contribution is 7.10. The van der Waals surface area contributed by atoms with E-state index in [1.54, 1.807) is 23.5 Å². The van der Waals surface area contributed by atoms with E-state index >= 15 is 0 Å². The first-order chi connectivity index (χ1) is 9.60. The van der Waals surface area contributed by atoms with Gasteiger partial charge in [-0.1, -0.05) is 11.6 Å². The second-order valence-corrected chi connectivity index (χ2v) is 5.69. The molecule has 4 nitrogen and oxygen atoms in total. The molecule has 0 saturated carbocycles. The molecule has 2 aromatic heterocycles. The molecule has 0 aliphatic heterocycles. The number of nitrogens with zero attached hydrogens (tertiary/aromatic N) is 1. The third-order valence-electron chi connectivity index (χ3n) is 2.79. The Morgan fingerprint density at radius 3 is 2.90 bits per heavy atom. The Hall–Kier alpha value is -1.59. The monoisotopic (exact) mass is 309 g/mol. The normalized spacial score (nSPS) is 10.3. The van der Waals surface area contributed by atoms with E-state index in [0.29, 0.717) is 23.1 Å². The van der Waals surface area contributed by atoms with Crippen LogP contribution in [-0.4, -0.2) is 17.4 Å². The molecule has 0 bridgehead atoms.